The standard InChI is InChI=1S/C14H29NO2/c1-11(2)12(8-15)16-9-14(6,7)10-17-13(3,4)5/h8,11-12,15H,9-10H2,1-7H3. The fourth-order valence-electron chi connectivity index (χ4n) is 1.21. The molecule has 0 bridgehead atoms. The molecule has 0 radical (unpaired) electrons. The Morgan fingerprint density at radius 2 is 1.59 bits per heavy atom. The fraction of sp³-hybridized carbons (Fsp3) is 0.929. The van der Waals surface area contributed by atoms with Crippen molar-refractivity contribution in [2.45, 2.75) is 60.2 Å². The smallest absolute Gasteiger partial charge is 0.0942 e. The first kappa shape index (κ1) is 16.6. The maximum absolute atomic E-state index is 7.32. The van der Waals surface area contributed by atoms with Gasteiger partial charge in [-0.2, -0.15) is 0 Å². The lowest BCUT2D eigenvalue weighted by Crippen LogP contribution is -2.34. The molecule has 3 heteroatoms. The molecule has 0 saturated carbocycles. The number of hydrogen-bond acceptors (Lipinski definition) is 3. The van der Waals surface area contributed by atoms with Crippen LogP contribution in [0.1, 0.15) is 48.5 Å². The molecule has 0 amide bonds. The molecule has 1 atom stereocenters. The van der Waals surface area contributed by atoms with Crippen LogP contribution >= 0.6 is 0 Å². The normalized spacial score (nSPS) is 15.1. The minimum atomic E-state index is -0.115. The van der Waals surface area contributed by atoms with E-state index in [-0.39, 0.29) is 17.1 Å². The van der Waals surface area contributed by atoms with Crippen LogP contribution in [-0.4, -0.2) is 31.1 Å². The van der Waals surface area contributed by atoms with Crippen molar-refractivity contribution < 1.29 is 9.47 Å². The van der Waals surface area contributed by atoms with Crippen LogP contribution in [0.4, 0.5) is 0 Å². The van der Waals surface area contributed by atoms with Crippen molar-refractivity contribution in [3.8, 4) is 0 Å². The van der Waals surface area contributed by atoms with Crippen molar-refractivity contribution in [1.29, 1.82) is 5.41 Å². The van der Waals surface area contributed by atoms with Crippen molar-refractivity contribution in [2.75, 3.05) is 13.2 Å². The van der Waals surface area contributed by atoms with Gasteiger partial charge in [0, 0.05) is 11.6 Å². The van der Waals surface area contributed by atoms with E-state index in [4.69, 9.17) is 14.9 Å². The zero-order valence-corrected chi connectivity index (χ0v) is 12.5. The van der Waals surface area contributed by atoms with Gasteiger partial charge in [0.15, 0.2) is 0 Å². The summed E-state index contributed by atoms with van der Waals surface area (Å²) in [5.74, 6) is 0.340. The molecular formula is C14H29NO2. The predicted octanol–water partition coefficient (Wildman–Crippen LogP) is 3.52. The lowest BCUT2D eigenvalue weighted by Gasteiger charge is -2.31. The molecule has 0 aliphatic carbocycles. The van der Waals surface area contributed by atoms with Crippen molar-refractivity contribution in [2.24, 2.45) is 11.3 Å². The Labute approximate surface area is 106 Å². The molecule has 1 unspecified atom stereocenters. The lowest BCUT2D eigenvalue weighted by atomic mass is 9.95. The van der Waals surface area contributed by atoms with E-state index < -0.39 is 0 Å². The van der Waals surface area contributed by atoms with E-state index in [2.05, 4.69) is 48.5 Å². The second-order valence-corrected chi connectivity index (χ2v) is 6.75. The van der Waals surface area contributed by atoms with Crippen LogP contribution in [0.3, 0.4) is 0 Å². The maximum Gasteiger partial charge on any atom is 0.0942 e. The van der Waals surface area contributed by atoms with Crippen LogP contribution in [0.5, 0.6) is 0 Å². The van der Waals surface area contributed by atoms with Crippen LogP contribution < -0.4 is 0 Å². The van der Waals surface area contributed by atoms with E-state index in [1.54, 1.807) is 0 Å². The van der Waals surface area contributed by atoms with Crippen molar-refractivity contribution in [3.05, 3.63) is 0 Å². The van der Waals surface area contributed by atoms with Gasteiger partial charge in [0.25, 0.3) is 0 Å². The van der Waals surface area contributed by atoms with Crippen molar-refractivity contribution >= 4 is 6.21 Å². The summed E-state index contributed by atoms with van der Waals surface area (Å²) in [6.07, 6.45) is 1.29. The summed E-state index contributed by atoms with van der Waals surface area (Å²) in [4.78, 5) is 0. The Kier molecular flexibility index (Phi) is 6.35. The molecule has 0 aliphatic rings. The number of rotatable bonds is 7. The molecule has 0 aliphatic heterocycles. The molecule has 1 N–H and O–H groups in total. The molecule has 3 nitrogen and oxygen atoms in total. The zero-order chi connectivity index (χ0) is 13.7. The largest absolute Gasteiger partial charge is 0.375 e. The molecular weight excluding hydrogens is 214 g/mol. The SMILES string of the molecule is CC(C)C(C=N)OCC(C)(C)COC(C)(C)C. The lowest BCUT2D eigenvalue weighted by molar-refractivity contribution is -0.0749. The average Bonchev–Trinajstić information content (AvgIpc) is 2.14. The highest BCUT2D eigenvalue weighted by molar-refractivity contribution is 5.59. The maximum atomic E-state index is 7.32. The third kappa shape index (κ3) is 8.33. The summed E-state index contributed by atoms with van der Waals surface area (Å²) < 4.78 is 11.5. The van der Waals surface area contributed by atoms with Crippen LogP contribution in [0.2, 0.25) is 0 Å². The average molecular weight is 243 g/mol. The van der Waals surface area contributed by atoms with E-state index in [0.29, 0.717) is 19.1 Å². The van der Waals surface area contributed by atoms with Gasteiger partial charge in [0.1, 0.15) is 0 Å². The van der Waals surface area contributed by atoms with E-state index in [9.17, 15) is 0 Å². The highest BCUT2D eigenvalue weighted by Gasteiger charge is 2.24. The molecule has 0 aromatic carbocycles. The molecule has 0 aromatic heterocycles. The van der Waals surface area contributed by atoms with Gasteiger partial charge in [-0.05, 0) is 26.7 Å². The summed E-state index contributed by atoms with van der Waals surface area (Å²) >= 11 is 0. The molecule has 17 heavy (non-hydrogen) atoms. The summed E-state index contributed by atoms with van der Waals surface area (Å²) in [6.45, 7) is 15.8. The van der Waals surface area contributed by atoms with Gasteiger partial charge in [-0.25, -0.2) is 0 Å². The van der Waals surface area contributed by atoms with Gasteiger partial charge in [0.2, 0.25) is 0 Å². The summed E-state index contributed by atoms with van der Waals surface area (Å²) in [6, 6.07) is 0. The van der Waals surface area contributed by atoms with Gasteiger partial charge in [-0.3, -0.25) is 0 Å². The second kappa shape index (κ2) is 6.50. The topological polar surface area (TPSA) is 42.3 Å². The Balaban J connectivity index is 4.12. The highest BCUT2D eigenvalue weighted by Crippen LogP contribution is 2.21. The monoisotopic (exact) mass is 243 g/mol. The Bertz CT molecular complexity index is 229. The van der Waals surface area contributed by atoms with E-state index in [1.807, 2.05) is 0 Å². The third-order valence-electron chi connectivity index (χ3n) is 2.38. The molecule has 0 aromatic rings. The summed E-state index contributed by atoms with van der Waals surface area (Å²) in [5, 5.41) is 7.32. The van der Waals surface area contributed by atoms with Crippen LogP contribution in [-0.2, 0) is 9.47 Å². The zero-order valence-electron chi connectivity index (χ0n) is 12.5. The number of ether oxygens (including phenoxy) is 2. The number of nitrogens with one attached hydrogen (secondary N) is 1. The summed E-state index contributed by atoms with van der Waals surface area (Å²) in [5.41, 5.74) is -0.139. The number of hydrogen-bond donors (Lipinski definition) is 1. The Morgan fingerprint density at radius 1 is 1.06 bits per heavy atom. The third-order valence-corrected chi connectivity index (χ3v) is 2.38. The molecule has 0 rings (SSSR count). The predicted molar refractivity (Wildman–Crippen MR) is 72.8 cm³/mol. The summed E-state index contributed by atoms with van der Waals surface area (Å²) in [7, 11) is 0. The van der Waals surface area contributed by atoms with Gasteiger partial charge in [-0.15, -0.1) is 0 Å². The highest BCUT2D eigenvalue weighted by atomic mass is 16.5. The second-order valence-electron chi connectivity index (χ2n) is 6.75. The first-order valence-corrected chi connectivity index (χ1v) is 6.33. The van der Waals surface area contributed by atoms with Gasteiger partial charge in [-0.1, -0.05) is 27.7 Å². The van der Waals surface area contributed by atoms with Crippen molar-refractivity contribution in [1.82, 2.24) is 0 Å². The molecule has 0 heterocycles. The van der Waals surface area contributed by atoms with Crippen LogP contribution in [0.15, 0.2) is 0 Å². The quantitative estimate of drug-likeness (QED) is 0.695. The first-order chi connectivity index (χ1) is 7.57. The molecule has 0 saturated heterocycles. The van der Waals surface area contributed by atoms with Crippen molar-refractivity contribution in [3.63, 3.8) is 0 Å². The minimum Gasteiger partial charge on any atom is -0.375 e. The van der Waals surface area contributed by atoms with Gasteiger partial charge >= 0.3 is 0 Å². The van der Waals surface area contributed by atoms with E-state index in [0.717, 1.165) is 0 Å². The fourth-order valence-corrected chi connectivity index (χ4v) is 1.21. The molecule has 0 spiro atoms. The van der Waals surface area contributed by atoms with Gasteiger partial charge in [0.05, 0.1) is 24.9 Å². The Morgan fingerprint density at radius 3 is 1.94 bits per heavy atom. The molecule has 102 valence electrons. The van der Waals surface area contributed by atoms with Gasteiger partial charge < -0.3 is 14.9 Å². The minimum absolute atomic E-state index is 0.0244. The van der Waals surface area contributed by atoms with Crippen LogP contribution in [0, 0.1) is 16.7 Å². The Hall–Kier alpha value is -0.410. The van der Waals surface area contributed by atoms with E-state index in [1.165, 1.54) is 6.21 Å². The van der Waals surface area contributed by atoms with E-state index >= 15 is 0 Å². The first-order valence-electron chi connectivity index (χ1n) is 6.33. The van der Waals surface area contributed by atoms with Crippen LogP contribution in [0.25, 0.3) is 0 Å². The molecule has 0 fully saturated rings.